The fourth-order valence-electron chi connectivity index (χ4n) is 2.71. The van der Waals surface area contributed by atoms with Crippen LogP contribution in [0.1, 0.15) is 32.1 Å². The Labute approximate surface area is 156 Å². The standard InChI is InChI=1S/C18H14F3N3O4/c1-24-14-3-2-11(18(19,20)21)7-13(14)23-15(24)8-22-16(26)9-4-10(17(27)28)6-12(25)5-9/h2-7,25H,8H2,1H3,(H,22,26)(H,27,28). The summed E-state index contributed by atoms with van der Waals surface area (Å²) >= 11 is 0. The summed E-state index contributed by atoms with van der Waals surface area (Å²) in [5.74, 6) is -2.05. The van der Waals surface area contributed by atoms with Gasteiger partial charge in [0.15, 0.2) is 0 Å². The van der Waals surface area contributed by atoms with Crippen LogP contribution in [-0.4, -0.2) is 31.6 Å². The lowest BCUT2D eigenvalue weighted by Crippen LogP contribution is -2.24. The van der Waals surface area contributed by atoms with E-state index >= 15 is 0 Å². The molecule has 0 radical (unpaired) electrons. The maximum Gasteiger partial charge on any atom is 0.416 e. The van der Waals surface area contributed by atoms with Crippen LogP contribution >= 0.6 is 0 Å². The van der Waals surface area contributed by atoms with Gasteiger partial charge in [0.05, 0.1) is 28.7 Å². The number of amides is 1. The molecule has 10 heteroatoms. The summed E-state index contributed by atoms with van der Waals surface area (Å²) in [5, 5.41) is 21.0. The number of carbonyl (C=O) groups is 2. The van der Waals surface area contributed by atoms with Crippen LogP contribution in [0.2, 0.25) is 0 Å². The number of halogens is 3. The Kier molecular flexibility index (Phi) is 4.72. The van der Waals surface area contributed by atoms with Crippen LogP contribution in [0.5, 0.6) is 5.75 Å². The Balaban J connectivity index is 1.83. The van der Waals surface area contributed by atoms with Crippen molar-refractivity contribution in [1.29, 1.82) is 0 Å². The number of phenolic OH excluding ortho intramolecular Hbond substituents is 1. The smallest absolute Gasteiger partial charge is 0.416 e. The topological polar surface area (TPSA) is 104 Å². The fraction of sp³-hybridized carbons (Fsp3) is 0.167. The normalized spacial score (nSPS) is 11.6. The van der Waals surface area contributed by atoms with E-state index in [0.717, 1.165) is 30.3 Å². The third-order valence-corrected chi connectivity index (χ3v) is 4.13. The quantitative estimate of drug-likeness (QED) is 0.632. The van der Waals surface area contributed by atoms with E-state index in [1.807, 2.05) is 0 Å². The molecule has 0 aliphatic carbocycles. The van der Waals surface area contributed by atoms with Gasteiger partial charge in [0.1, 0.15) is 11.6 Å². The number of aryl methyl sites for hydroxylation is 1. The first kappa shape index (κ1) is 19.2. The highest BCUT2D eigenvalue weighted by atomic mass is 19.4. The minimum absolute atomic E-state index is 0.0736. The molecule has 2 aromatic carbocycles. The van der Waals surface area contributed by atoms with E-state index in [0.29, 0.717) is 11.3 Å². The number of aromatic nitrogens is 2. The average molecular weight is 393 g/mol. The number of carboxylic acid groups (broad SMARTS) is 1. The van der Waals surface area contributed by atoms with Gasteiger partial charge in [0, 0.05) is 12.6 Å². The van der Waals surface area contributed by atoms with Crippen molar-refractivity contribution in [2.75, 3.05) is 0 Å². The minimum Gasteiger partial charge on any atom is -0.508 e. The molecular weight excluding hydrogens is 379 g/mol. The number of aromatic hydroxyl groups is 1. The molecule has 0 saturated carbocycles. The molecule has 0 fully saturated rings. The highest BCUT2D eigenvalue weighted by Crippen LogP contribution is 2.31. The van der Waals surface area contributed by atoms with Gasteiger partial charge in [-0.2, -0.15) is 13.2 Å². The number of phenols is 1. The third kappa shape index (κ3) is 3.75. The summed E-state index contributed by atoms with van der Waals surface area (Å²) < 4.78 is 40.0. The number of hydrogen-bond acceptors (Lipinski definition) is 4. The first-order valence-electron chi connectivity index (χ1n) is 7.94. The first-order chi connectivity index (χ1) is 13.1. The van der Waals surface area contributed by atoms with Crippen LogP contribution in [0.4, 0.5) is 13.2 Å². The van der Waals surface area contributed by atoms with Gasteiger partial charge in [-0.15, -0.1) is 0 Å². The van der Waals surface area contributed by atoms with E-state index in [-0.39, 0.29) is 28.9 Å². The van der Waals surface area contributed by atoms with E-state index in [1.54, 1.807) is 11.6 Å². The highest BCUT2D eigenvalue weighted by molar-refractivity contribution is 5.98. The molecule has 3 rings (SSSR count). The number of nitrogens with zero attached hydrogens (tertiary/aromatic N) is 2. The summed E-state index contributed by atoms with van der Waals surface area (Å²) in [4.78, 5) is 27.4. The van der Waals surface area contributed by atoms with Gasteiger partial charge >= 0.3 is 12.1 Å². The Morgan fingerprint density at radius 2 is 1.82 bits per heavy atom. The third-order valence-electron chi connectivity index (χ3n) is 4.13. The number of carbonyl (C=O) groups excluding carboxylic acids is 1. The summed E-state index contributed by atoms with van der Waals surface area (Å²) in [7, 11) is 1.60. The van der Waals surface area contributed by atoms with Crippen LogP contribution in [0.15, 0.2) is 36.4 Å². The predicted octanol–water partition coefficient (Wildman–Crippen LogP) is 2.93. The Hall–Kier alpha value is -3.56. The van der Waals surface area contributed by atoms with E-state index in [9.17, 15) is 27.9 Å². The first-order valence-corrected chi connectivity index (χ1v) is 7.94. The molecule has 28 heavy (non-hydrogen) atoms. The summed E-state index contributed by atoms with van der Waals surface area (Å²) in [6.45, 7) is -0.108. The number of carboxylic acids is 1. The monoisotopic (exact) mass is 393 g/mol. The molecule has 0 unspecified atom stereocenters. The fourth-order valence-corrected chi connectivity index (χ4v) is 2.71. The SMILES string of the molecule is Cn1c(CNC(=O)c2cc(O)cc(C(=O)O)c2)nc2cc(C(F)(F)F)ccc21. The number of aromatic carboxylic acids is 1. The van der Waals surface area contributed by atoms with Crippen molar-refractivity contribution < 1.29 is 33.0 Å². The van der Waals surface area contributed by atoms with Gasteiger partial charge in [-0.25, -0.2) is 9.78 Å². The lowest BCUT2D eigenvalue weighted by atomic mass is 10.1. The van der Waals surface area contributed by atoms with Gasteiger partial charge in [0.25, 0.3) is 5.91 Å². The highest BCUT2D eigenvalue weighted by Gasteiger charge is 2.31. The molecule has 0 saturated heterocycles. The lowest BCUT2D eigenvalue weighted by Gasteiger charge is -2.07. The Morgan fingerprint density at radius 3 is 2.46 bits per heavy atom. The zero-order valence-electron chi connectivity index (χ0n) is 14.4. The zero-order valence-corrected chi connectivity index (χ0v) is 14.4. The van der Waals surface area contributed by atoms with Crippen molar-refractivity contribution in [3.63, 3.8) is 0 Å². The molecule has 0 atom stereocenters. The number of benzene rings is 2. The molecule has 1 heterocycles. The van der Waals surface area contributed by atoms with Crippen LogP contribution in [-0.2, 0) is 19.8 Å². The van der Waals surface area contributed by atoms with Crippen molar-refractivity contribution in [2.45, 2.75) is 12.7 Å². The molecule has 3 aromatic rings. The van der Waals surface area contributed by atoms with Crippen LogP contribution in [0.25, 0.3) is 11.0 Å². The van der Waals surface area contributed by atoms with Crippen LogP contribution in [0, 0.1) is 0 Å². The number of hydrogen-bond donors (Lipinski definition) is 3. The van der Waals surface area contributed by atoms with Crippen molar-refractivity contribution >= 4 is 22.9 Å². The summed E-state index contributed by atoms with van der Waals surface area (Å²) in [6, 6.07) is 6.38. The largest absolute Gasteiger partial charge is 0.508 e. The van der Waals surface area contributed by atoms with Crippen LogP contribution < -0.4 is 5.32 Å². The molecule has 0 aliphatic rings. The number of fused-ring (bicyclic) bond motifs is 1. The predicted molar refractivity (Wildman–Crippen MR) is 92.0 cm³/mol. The van der Waals surface area contributed by atoms with Crippen molar-refractivity contribution in [3.8, 4) is 5.75 Å². The van der Waals surface area contributed by atoms with Gasteiger partial charge in [-0.1, -0.05) is 0 Å². The molecule has 0 bridgehead atoms. The number of rotatable bonds is 4. The van der Waals surface area contributed by atoms with E-state index in [2.05, 4.69) is 10.3 Å². The Bertz CT molecular complexity index is 1090. The second-order valence-electron chi connectivity index (χ2n) is 6.04. The molecule has 1 amide bonds. The minimum atomic E-state index is -4.49. The second kappa shape index (κ2) is 6.87. The van der Waals surface area contributed by atoms with E-state index < -0.39 is 23.6 Å². The zero-order chi connectivity index (χ0) is 20.6. The number of imidazole rings is 1. The molecule has 1 aromatic heterocycles. The van der Waals surface area contributed by atoms with Gasteiger partial charge in [0.2, 0.25) is 0 Å². The van der Waals surface area contributed by atoms with Gasteiger partial charge in [-0.3, -0.25) is 4.79 Å². The molecular formula is C18H14F3N3O4. The average Bonchev–Trinajstić information content (AvgIpc) is 2.93. The van der Waals surface area contributed by atoms with Crippen molar-refractivity contribution in [3.05, 3.63) is 58.9 Å². The summed E-state index contributed by atoms with van der Waals surface area (Å²) in [5.41, 5.74) is -0.562. The van der Waals surface area contributed by atoms with Crippen molar-refractivity contribution in [1.82, 2.24) is 14.9 Å². The van der Waals surface area contributed by atoms with Gasteiger partial charge < -0.3 is 20.1 Å². The molecule has 7 nitrogen and oxygen atoms in total. The summed E-state index contributed by atoms with van der Waals surface area (Å²) in [6.07, 6.45) is -4.49. The number of alkyl halides is 3. The van der Waals surface area contributed by atoms with Crippen molar-refractivity contribution in [2.24, 2.45) is 7.05 Å². The molecule has 0 aliphatic heterocycles. The molecule has 3 N–H and O–H groups in total. The second-order valence-corrected chi connectivity index (χ2v) is 6.04. The molecule has 0 spiro atoms. The Morgan fingerprint density at radius 1 is 1.14 bits per heavy atom. The number of nitrogens with one attached hydrogen (secondary N) is 1. The van der Waals surface area contributed by atoms with E-state index in [1.165, 1.54) is 6.07 Å². The van der Waals surface area contributed by atoms with Crippen LogP contribution in [0.3, 0.4) is 0 Å². The van der Waals surface area contributed by atoms with Gasteiger partial charge in [-0.05, 0) is 36.4 Å². The maximum atomic E-state index is 12.8. The molecule has 146 valence electrons. The van der Waals surface area contributed by atoms with E-state index in [4.69, 9.17) is 5.11 Å². The maximum absolute atomic E-state index is 12.8. The lowest BCUT2D eigenvalue weighted by molar-refractivity contribution is -0.137.